The van der Waals surface area contributed by atoms with E-state index < -0.39 is 17.1 Å². The molecule has 0 bridgehead atoms. The summed E-state index contributed by atoms with van der Waals surface area (Å²) in [5.41, 5.74) is 1.41. The standard InChI is InChI=1S/C19H28N2O4/c1-18(2,3)25-17(24)20-10-9-14-13-7-5-6-8-15(13)21-16(14)19(4,11-22)12-23/h5-8,21-23H,9-12H2,1-4H3,(H,20,24). The molecule has 0 aliphatic carbocycles. The Balaban J connectivity index is 2.23. The summed E-state index contributed by atoms with van der Waals surface area (Å²) in [5, 5.41) is 23.3. The van der Waals surface area contributed by atoms with Crippen molar-refractivity contribution in [1.82, 2.24) is 10.3 Å². The first-order valence-corrected chi connectivity index (χ1v) is 8.49. The Morgan fingerprint density at radius 1 is 1.16 bits per heavy atom. The van der Waals surface area contributed by atoms with Crippen molar-refractivity contribution in [3.8, 4) is 0 Å². The Bertz CT molecular complexity index is 727. The summed E-state index contributed by atoms with van der Waals surface area (Å²) in [6, 6.07) is 7.83. The van der Waals surface area contributed by atoms with Crippen molar-refractivity contribution in [3.63, 3.8) is 0 Å². The molecule has 6 heteroatoms. The number of fused-ring (bicyclic) bond motifs is 1. The number of rotatable bonds is 6. The number of amides is 1. The molecule has 0 aliphatic heterocycles. The number of H-pyrrole nitrogens is 1. The molecule has 138 valence electrons. The fraction of sp³-hybridized carbons (Fsp3) is 0.526. The van der Waals surface area contributed by atoms with E-state index in [1.54, 1.807) is 0 Å². The number of hydrogen-bond donors (Lipinski definition) is 4. The van der Waals surface area contributed by atoms with Gasteiger partial charge in [0.05, 0.1) is 18.6 Å². The Morgan fingerprint density at radius 3 is 2.40 bits per heavy atom. The molecule has 0 atom stereocenters. The molecule has 2 aromatic rings. The van der Waals surface area contributed by atoms with Crippen molar-refractivity contribution >= 4 is 17.0 Å². The average Bonchev–Trinajstić information content (AvgIpc) is 2.92. The lowest BCUT2D eigenvalue weighted by Crippen LogP contribution is -2.35. The highest BCUT2D eigenvalue weighted by atomic mass is 16.6. The van der Waals surface area contributed by atoms with Crippen molar-refractivity contribution in [3.05, 3.63) is 35.5 Å². The molecule has 1 aromatic heterocycles. The number of nitrogens with one attached hydrogen (secondary N) is 2. The monoisotopic (exact) mass is 348 g/mol. The highest BCUT2D eigenvalue weighted by Crippen LogP contribution is 2.31. The number of para-hydroxylation sites is 1. The van der Waals surface area contributed by atoms with Gasteiger partial charge < -0.3 is 25.3 Å². The van der Waals surface area contributed by atoms with E-state index in [-0.39, 0.29) is 13.2 Å². The molecule has 0 saturated carbocycles. The highest BCUT2D eigenvalue weighted by Gasteiger charge is 2.30. The van der Waals surface area contributed by atoms with Gasteiger partial charge in [-0.15, -0.1) is 0 Å². The van der Waals surface area contributed by atoms with Gasteiger partial charge in [0.15, 0.2) is 0 Å². The zero-order valence-corrected chi connectivity index (χ0v) is 15.3. The van der Waals surface area contributed by atoms with Gasteiger partial charge in [-0.05, 0) is 45.7 Å². The van der Waals surface area contributed by atoms with Crippen LogP contribution in [0.25, 0.3) is 10.9 Å². The second-order valence-electron chi connectivity index (χ2n) is 7.58. The smallest absolute Gasteiger partial charge is 0.407 e. The normalized spacial score (nSPS) is 12.4. The van der Waals surface area contributed by atoms with Crippen molar-refractivity contribution in [1.29, 1.82) is 0 Å². The highest BCUT2D eigenvalue weighted by molar-refractivity contribution is 5.85. The maximum absolute atomic E-state index is 11.8. The topological polar surface area (TPSA) is 94.6 Å². The maximum atomic E-state index is 11.8. The van der Waals surface area contributed by atoms with Crippen LogP contribution in [0.3, 0.4) is 0 Å². The molecule has 6 nitrogen and oxygen atoms in total. The second kappa shape index (κ2) is 7.45. The van der Waals surface area contributed by atoms with Crippen LogP contribution in [-0.4, -0.2) is 46.6 Å². The number of hydrogen-bond acceptors (Lipinski definition) is 4. The van der Waals surface area contributed by atoms with Gasteiger partial charge in [-0.25, -0.2) is 4.79 Å². The Morgan fingerprint density at radius 2 is 1.80 bits per heavy atom. The Kier molecular flexibility index (Phi) is 5.75. The number of ether oxygens (including phenoxy) is 1. The van der Waals surface area contributed by atoms with Crippen LogP contribution < -0.4 is 5.32 Å². The van der Waals surface area contributed by atoms with Gasteiger partial charge in [0.1, 0.15) is 5.60 Å². The van der Waals surface area contributed by atoms with E-state index in [1.165, 1.54) is 0 Å². The van der Waals surface area contributed by atoms with Gasteiger partial charge >= 0.3 is 6.09 Å². The molecule has 0 radical (unpaired) electrons. The summed E-state index contributed by atoms with van der Waals surface area (Å²) >= 11 is 0. The van der Waals surface area contributed by atoms with E-state index in [2.05, 4.69) is 10.3 Å². The number of alkyl carbamates (subject to hydrolysis) is 1. The molecule has 2 rings (SSSR count). The molecule has 4 N–H and O–H groups in total. The number of aliphatic hydroxyl groups excluding tert-OH is 2. The van der Waals surface area contributed by atoms with E-state index in [0.717, 1.165) is 22.2 Å². The fourth-order valence-electron chi connectivity index (χ4n) is 2.79. The van der Waals surface area contributed by atoms with E-state index in [0.29, 0.717) is 13.0 Å². The van der Waals surface area contributed by atoms with Gasteiger partial charge in [-0.1, -0.05) is 18.2 Å². The molecule has 0 saturated heterocycles. The molecule has 0 spiro atoms. The number of carbonyl (C=O) groups excluding carboxylic acids is 1. The van der Waals surface area contributed by atoms with Crippen LogP contribution in [-0.2, 0) is 16.6 Å². The first-order valence-electron chi connectivity index (χ1n) is 8.49. The first kappa shape index (κ1) is 19.3. The summed E-state index contributed by atoms with van der Waals surface area (Å²) in [6.45, 7) is 7.31. The Labute approximate surface area is 148 Å². The van der Waals surface area contributed by atoms with Gasteiger partial charge in [0, 0.05) is 23.1 Å². The minimum Gasteiger partial charge on any atom is -0.444 e. The van der Waals surface area contributed by atoms with Gasteiger partial charge in [-0.3, -0.25) is 0 Å². The van der Waals surface area contributed by atoms with Gasteiger partial charge in [-0.2, -0.15) is 0 Å². The molecule has 1 amide bonds. The van der Waals surface area contributed by atoms with E-state index >= 15 is 0 Å². The zero-order chi connectivity index (χ0) is 18.7. The molecule has 0 unspecified atom stereocenters. The predicted molar refractivity (Wildman–Crippen MR) is 97.8 cm³/mol. The van der Waals surface area contributed by atoms with Crippen LogP contribution in [0.5, 0.6) is 0 Å². The van der Waals surface area contributed by atoms with Crippen molar-refractivity contribution in [2.75, 3.05) is 19.8 Å². The summed E-state index contributed by atoms with van der Waals surface area (Å²) in [4.78, 5) is 15.1. The van der Waals surface area contributed by atoms with Crippen LogP contribution in [0.15, 0.2) is 24.3 Å². The summed E-state index contributed by atoms with van der Waals surface area (Å²) in [6.07, 6.45) is 0.106. The third-order valence-corrected chi connectivity index (χ3v) is 4.16. The second-order valence-corrected chi connectivity index (χ2v) is 7.58. The quantitative estimate of drug-likeness (QED) is 0.645. The van der Waals surface area contributed by atoms with E-state index in [4.69, 9.17) is 4.74 Å². The predicted octanol–water partition coefficient (Wildman–Crippen LogP) is 2.48. The minimum atomic E-state index is -0.778. The Hall–Kier alpha value is -2.05. The number of aromatic amines is 1. The van der Waals surface area contributed by atoms with Crippen LogP contribution in [0, 0.1) is 0 Å². The minimum absolute atomic E-state index is 0.178. The van der Waals surface area contributed by atoms with Crippen LogP contribution in [0.1, 0.15) is 39.0 Å². The fourth-order valence-corrected chi connectivity index (χ4v) is 2.79. The number of carbonyl (C=O) groups is 1. The lowest BCUT2D eigenvalue weighted by atomic mass is 9.85. The van der Waals surface area contributed by atoms with Crippen LogP contribution in [0.4, 0.5) is 4.79 Å². The molecular formula is C19H28N2O4. The van der Waals surface area contributed by atoms with Crippen LogP contribution >= 0.6 is 0 Å². The third kappa shape index (κ3) is 4.52. The number of benzene rings is 1. The lowest BCUT2D eigenvalue weighted by Gasteiger charge is -2.25. The van der Waals surface area contributed by atoms with Crippen molar-refractivity contribution in [2.24, 2.45) is 0 Å². The van der Waals surface area contributed by atoms with Gasteiger partial charge in [0.2, 0.25) is 0 Å². The zero-order valence-electron chi connectivity index (χ0n) is 15.3. The number of aliphatic hydroxyl groups is 2. The molecule has 1 heterocycles. The summed E-state index contributed by atoms with van der Waals surface area (Å²) in [7, 11) is 0. The maximum Gasteiger partial charge on any atom is 0.407 e. The molecule has 0 fully saturated rings. The third-order valence-electron chi connectivity index (χ3n) is 4.16. The summed E-state index contributed by atoms with van der Waals surface area (Å²) < 4.78 is 5.25. The van der Waals surface area contributed by atoms with Crippen molar-refractivity contribution in [2.45, 2.75) is 45.1 Å². The first-order chi connectivity index (χ1) is 11.7. The van der Waals surface area contributed by atoms with Crippen LogP contribution in [0.2, 0.25) is 0 Å². The SMILES string of the molecule is CC(C)(C)OC(=O)NCCc1c(C(C)(CO)CO)[nH]c2ccccc12. The average molecular weight is 348 g/mol. The van der Waals surface area contributed by atoms with Gasteiger partial charge in [0.25, 0.3) is 0 Å². The molecule has 0 aliphatic rings. The largest absolute Gasteiger partial charge is 0.444 e. The van der Waals surface area contributed by atoms with E-state index in [1.807, 2.05) is 52.0 Å². The molecular weight excluding hydrogens is 320 g/mol. The van der Waals surface area contributed by atoms with E-state index in [9.17, 15) is 15.0 Å². The molecule has 25 heavy (non-hydrogen) atoms. The molecule has 1 aromatic carbocycles. The number of aromatic nitrogens is 1. The summed E-state index contributed by atoms with van der Waals surface area (Å²) in [5.74, 6) is 0. The van der Waals surface area contributed by atoms with Crippen molar-refractivity contribution < 1.29 is 19.7 Å². The lowest BCUT2D eigenvalue weighted by molar-refractivity contribution is 0.0528.